The number of anilines is 1. The number of hydrogen-bond acceptors (Lipinski definition) is 11. The van der Waals surface area contributed by atoms with Crippen LogP contribution in [0.5, 0.6) is 11.6 Å². The lowest BCUT2D eigenvalue weighted by Gasteiger charge is -2.36. The van der Waals surface area contributed by atoms with Crippen molar-refractivity contribution in [3.05, 3.63) is 53.7 Å². The molecule has 0 radical (unpaired) electrons. The highest BCUT2D eigenvalue weighted by molar-refractivity contribution is 7.91. The Hall–Kier alpha value is -4.19. The van der Waals surface area contributed by atoms with E-state index in [1.165, 1.54) is 37.4 Å². The molecule has 3 fully saturated rings. The lowest BCUT2D eigenvalue weighted by Crippen LogP contribution is -2.58. The third-order valence-corrected chi connectivity index (χ3v) is 14.0. The molecule has 2 aromatic carbocycles. The van der Waals surface area contributed by atoms with E-state index in [1.807, 2.05) is 27.7 Å². The Morgan fingerprint density at radius 3 is 2.42 bits per heavy atom. The van der Waals surface area contributed by atoms with Crippen molar-refractivity contribution in [1.29, 1.82) is 0 Å². The Morgan fingerprint density at radius 1 is 1.07 bits per heavy atom. The molecule has 1 aliphatic heterocycles. The minimum Gasteiger partial charge on any atom is -0.494 e. The van der Waals surface area contributed by atoms with Crippen molar-refractivity contribution < 1.29 is 40.7 Å². The van der Waals surface area contributed by atoms with E-state index in [2.05, 4.69) is 25.1 Å². The van der Waals surface area contributed by atoms with Gasteiger partial charge in [-0.3, -0.25) is 19.1 Å². The van der Waals surface area contributed by atoms with E-state index in [0.29, 0.717) is 46.5 Å². The van der Waals surface area contributed by atoms with Crippen LogP contribution in [-0.2, 0) is 34.4 Å². The molecule has 55 heavy (non-hydrogen) atoms. The fourth-order valence-corrected chi connectivity index (χ4v) is 9.41. The fraction of sp³-hybridized carbons (Fsp3) is 0.514. The predicted molar refractivity (Wildman–Crippen MR) is 207 cm³/mol. The minimum atomic E-state index is -3.89. The number of halogens is 1. The Kier molecular flexibility index (Phi) is 11.1. The molecule has 3 aromatic rings. The Labute approximate surface area is 326 Å². The van der Waals surface area contributed by atoms with Crippen molar-refractivity contribution in [1.82, 2.24) is 24.6 Å². The zero-order valence-corrected chi connectivity index (χ0v) is 33.9. The highest BCUT2D eigenvalue weighted by Crippen LogP contribution is 2.47. The van der Waals surface area contributed by atoms with Gasteiger partial charge in [-0.2, -0.15) is 0 Å². The van der Waals surface area contributed by atoms with Crippen LogP contribution in [0.4, 0.5) is 5.69 Å². The number of ether oxygens (including phenoxy) is 2. The van der Waals surface area contributed by atoms with Gasteiger partial charge in [0, 0.05) is 27.9 Å². The number of carbonyl (C=O) groups excluding carboxylic acids is 3. The minimum absolute atomic E-state index is 0.00601. The third-order valence-electron chi connectivity index (χ3n) is 10.5. The number of nitrogens with zero attached hydrogens (tertiary/aromatic N) is 2. The van der Waals surface area contributed by atoms with Gasteiger partial charge in [-0.05, 0) is 74.0 Å². The number of nitrogens with one attached hydrogen (secondary N) is 4. The molecule has 0 spiro atoms. The summed E-state index contributed by atoms with van der Waals surface area (Å²) in [5.41, 5.74) is -1.87. The Balaban J connectivity index is 1.33. The van der Waals surface area contributed by atoms with Crippen LogP contribution in [0.3, 0.4) is 0 Å². The van der Waals surface area contributed by atoms with Gasteiger partial charge in [0.15, 0.2) is 0 Å². The molecule has 1 saturated heterocycles. The first-order valence-corrected chi connectivity index (χ1v) is 21.5. The van der Waals surface area contributed by atoms with Crippen molar-refractivity contribution in [2.45, 2.75) is 93.7 Å². The van der Waals surface area contributed by atoms with Crippen LogP contribution in [0, 0.1) is 11.3 Å². The second kappa shape index (κ2) is 15.0. The van der Waals surface area contributed by atoms with Gasteiger partial charge in [0.05, 0.1) is 30.0 Å². The van der Waals surface area contributed by atoms with E-state index in [-0.39, 0.29) is 36.1 Å². The van der Waals surface area contributed by atoms with Gasteiger partial charge in [0.2, 0.25) is 37.7 Å². The lowest BCUT2D eigenvalue weighted by molar-refractivity contribution is -0.141. The predicted octanol–water partition coefficient (Wildman–Crippen LogP) is 3.57. The summed E-state index contributed by atoms with van der Waals surface area (Å²) >= 11 is 6.35. The van der Waals surface area contributed by atoms with Crippen LogP contribution in [-0.4, -0.2) is 94.1 Å². The van der Waals surface area contributed by atoms with E-state index in [4.69, 9.17) is 21.1 Å². The molecule has 2 saturated carbocycles. The van der Waals surface area contributed by atoms with Gasteiger partial charge >= 0.3 is 0 Å². The monoisotopic (exact) mass is 818 g/mol. The molecule has 2 heterocycles. The molecule has 3 amide bonds. The number of fused-ring (bicyclic) bond motifs is 1. The lowest BCUT2D eigenvalue weighted by atomic mass is 9.85. The van der Waals surface area contributed by atoms with E-state index in [0.717, 1.165) is 0 Å². The number of amides is 3. The zero-order valence-electron chi connectivity index (χ0n) is 31.5. The van der Waals surface area contributed by atoms with E-state index in [1.54, 1.807) is 30.3 Å². The van der Waals surface area contributed by atoms with Gasteiger partial charge in [-0.1, -0.05) is 51.8 Å². The number of likely N-dealkylation sites (tertiary alicyclic amines) is 1. The molecule has 4 N–H and O–H groups in total. The van der Waals surface area contributed by atoms with Crippen LogP contribution in [0.1, 0.15) is 59.8 Å². The second-order valence-corrected chi connectivity index (χ2v) is 19.7. The Morgan fingerprint density at radius 2 is 1.80 bits per heavy atom. The summed E-state index contributed by atoms with van der Waals surface area (Å²) < 4.78 is 67.1. The van der Waals surface area contributed by atoms with Gasteiger partial charge in [0.1, 0.15) is 29.5 Å². The van der Waals surface area contributed by atoms with Crippen LogP contribution in [0.2, 0.25) is 5.02 Å². The molecule has 298 valence electrons. The summed E-state index contributed by atoms with van der Waals surface area (Å²) in [6, 6.07) is 9.09. The molecule has 5 atom stereocenters. The summed E-state index contributed by atoms with van der Waals surface area (Å²) in [6.45, 7) is 7.31. The molecule has 3 aliphatic rings. The van der Waals surface area contributed by atoms with Gasteiger partial charge in [-0.25, -0.2) is 26.5 Å². The number of pyridine rings is 1. The van der Waals surface area contributed by atoms with Crippen LogP contribution in [0.15, 0.2) is 53.6 Å². The number of hydrogen-bond donors (Lipinski definition) is 4. The molecule has 1 aromatic heterocycles. The summed E-state index contributed by atoms with van der Waals surface area (Å²) in [5, 5.41) is 7.11. The van der Waals surface area contributed by atoms with Crippen molar-refractivity contribution in [3.8, 4) is 11.6 Å². The quantitative estimate of drug-likeness (QED) is 0.185. The maximum atomic E-state index is 14.8. The van der Waals surface area contributed by atoms with E-state index in [9.17, 15) is 31.2 Å². The molecule has 2 aliphatic carbocycles. The Bertz CT molecular complexity index is 2230. The van der Waals surface area contributed by atoms with Gasteiger partial charge in [0.25, 0.3) is 5.91 Å². The highest BCUT2D eigenvalue weighted by Gasteiger charge is 2.62. The van der Waals surface area contributed by atoms with Crippen molar-refractivity contribution in [2.24, 2.45) is 11.3 Å². The largest absolute Gasteiger partial charge is 0.494 e. The molecule has 18 heteroatoms. The molecular formula is C37H47ClN6O9S2. The molecule has 6 rings (SSSR count). The average molecular weight is 819 g/mol. The summed E-state index contributed by atoms with van der Waals surface area (Å²) in [7, 11) is -4.87. The van der Waals surface area contributed by atoms with Crippen molar-refractivity contribution in [3.63, 3.8) is 0 Å². The molecule has 1 unspecified atom stereocenters. The maximum Gasteiger partial charge on any atom is 0.259 e. The number of sulfonamides is 2. The maximum absolute atomic E-state index is 14.8. The molecule has 0 bridgehead atoms. The van der Waals surface area contributed by atoms with Gasteiger partial charge in [-0.15, -0.1) is 0 Å². The van der Waals surface area contributed by atoms with Crippen LogP contribution >= 0.6 is 11.6 Å². The smallest absolute Gasteiger partial charge is 0.259 e. The van der Waals surface area contributed by atoms with Crippen LogP contribution in [0.25, 0.3) is 10.8 Å². The summed E-state index contributed by atoms with van der Waals surface area (Å²) in [4.78, 5) is 48.6. The zero-order chi connectivity index (χ0) is 40.1. The first kappa shape index (κ1) is 40.5. The standard InChI is InChI=1S/C37H47ClN6O9S2/c1-7-21-18-37(21,35(47)43-55(50,51)25-12-13-25)42-32(45)29-17-24(53-33-28-15-22(38)11-14-27(28)30(52-6)19-40-33)20-44(29)34(46)31(36(2,3)4)41-23-9-8-10-26(16-23)54(48,49)39-5/h8-11,14-16,19,21,24-25,29,31,39,41H,7,12-13,17-18,20H2,1-6H3,(H,42,45)(H,43,47)/t21-,24-,29+,31?,37-/m1/s1. The molecule has 15 nitrogen and oxygen atoms in total. The van der Waals surface area contributed by atoms with Crippen LogP contribution < -0.4 is 29.6 Å². The highest BCUT2D eigenvalue weighted by atomic mass is 35.5. The first-order valence-electron chi connectivity index (χ1n) is 18.1. The normalized spacial score (nSPS) is 23.2. The summed E-state index contributed by atoms with van der Waals surface area (Å²) in [6.07, 6.45) is 2.43. The fourth-order valence-electron chi connectivity index (χ4n) is 7.10. The number of rotatable bonds is 14. The first-order chi connectivity index (χ1) is 25.8. The van der Waals surface area contributed by atoms with Gasteiger partial charge < -0.3 is 25.0 Å². The number of methoxy groups -OCH3 is 1. The molecular weight excluding hydrogens is 772 g/mol. The topological polar surface area (TPSA) is 202 Å². The number of benzene rings is 2. The van der Waals surface area contributed by atoms with E-state index < -0.39 is 72.2 Å². The summed E-state index contributed by atoms with van der Waals surface area (Å²) in [5.74, 6) is -1.52. The number of carbonyl (C=O) groups is 3. The third kappa shape index (κ3) is 8.34. The average Bonchev–Trinajstić information content (AvgIpc) is 4.07. The SMILES string of the molecule is CC[C@@H]1C[C@]1(NC(=O)[C@@H]1C[C@@H](Oc2ncc(OC)c3ccc(Cl)cc23)CN1C(=O)C(Nc1cccc(S(=O)(=O)NC)c1)C(C)(C)C)C(=O)NS(=O)(=O)C1CC1. The second-order valence-electron chi connectivity index (χ2n) is 15.4. The number of aromatic nitrogens is 1. The van der Waals surface area contributed by atoms with Crippen molar-refractivity contribution in [2.75, 3.05) is 26.0 Å². The van der Waals surface area contributed by atoms with Crippen molar-refractivity contribution >= 4 is 65.8 Å². The van der Waals surface area contributed by atoms with E-state index >= 15 is 0 Å².